The Morgan fingerprint density at radius 3 is 2.52 bits per heavy atom. The summed E-state index contributed by atoms with van der Waals surface area (Å²) in [6.07, 6.45) is 0.534. The van der Waals surface area contributed by atoms with Crippen molar-refractivity contribution in [3.8, 4) is 5.69 Å². The number of hydrogen-bond acceptors (Lipinski definition) is 6. The highest BCUT2D eigenvalue weighted by atomic mass is 32.1. The lowest BCUT2D eigenvalue weighted by atomic mass is 10.2. The number of nitrogens with one attached hydrogen (secondary N) is 4. The van der Waals surface area contributed by atoms with Crippen LogP contribution in [0.5, 0.6) is 0 Å². The topological polar surface area (TPSA) is 137 Å². The first-order chi connectivity index (χ1) is 11.1. The van der Waals surface area contributed by atoms with Gasteiger partial charge in [0.2, 0.25) is 4.77 Å². The van der Waals surface area contributed by atoms with Gasteiger partial charge in [-0.2, -0.15) is 5.21 Å². The molecule has 10 nitrogen and oxygen atoms in total. The molecule has 2 aromatic rings. The van der Waals surface area contributed by atoms with Crippen molar-refractivity contribution in [1.29, 1.82) is 0 Å². The van der Waals surface area contributed by atoms with Crippen molar-refractivity contribution in [2.75, 3.05) is 13.1 Å². The van der Waals surface area contributed by atoms with E-state index in [1.807, 2.05) is 0 Å². The van der Waals surface area contributed by atoms with Crippen molar-refractivity contribution >= 4 is 24.2 Å². The fraction of sp³-hybridized carbons (Fsp3) is 0.250. The molecule has 3 amide bonds. The van der Waals surface area contributed by atoms with Crippen LogP contribution in [0.15, 0.2) is 24.3 Å². The number of aromatic amines is 1. The zero-order valence-electron chi connectivity index (χ0n) is 11.9. The van der Waals surface area contributed by atoms with E-state index in [1.165, 1.54) is 10.2 Å². The second kappa shape index (κ2) is 8.00. The van der Waals surface area contributed by atoms with Gasteiger partial charge < -0.3 is 10.6 Å². The minimum absolute atomic E-state index is 0.227. The second-order valence-corrected chi connectivity index (χ2v) is 4.81. The van der Waals surface area contributed by atoms with Gasteiger partial charge in [0.25, 0.3) is 5.91 Å². The van der Waals surface area contributed by atoms with E-state index >= 15 is 0 Å². The molecule has 0 saturated heterocycles. The average Bonchev–Trinajstić information content (AvgIpc) is 3.00. The summed E-state index contributed by atoms with van der Waals surface area (Å²) in [5.41, 5.74) is 2.67. The van der Waals surface area contributed by atoms with E-state index in [0.717, 1.165) is 5.69 Å². The molecule has 1 aromatic carbocycles. The maximum absolute atomic E-state index is 12.0. The van der Waals surface area contributed by atoms with E-state index < -0.39 is 6.03 Å². The van der Waals surface area contributed by atoms with Gasteiger partial charge in [-0.3, -0.25) is 10.0 Å². The summed E-state index contributed by atoms with van der Waals surface area (Å²) in [5.74, 6) is -0.227. The minimum Gasteiger partial charge on any atom is -0.352 e. The summed E-state index contributed by atoms with van der Waals surface area (Å²) < 4.78 is 1.80. The van der Waals surface area contributed by atoms with Crippen LogP contribution in [0, 0.1) is 4.77 Å². The van der Waals surface area contributed by atoms with Crippen molar-refractivity contribution in [2.24, 2.45) is 0 Å². The molecule has 0 atom stereocenters. The Balaban J connectivity index is 1.83. The van der Waals surface area contributed by atoms with Crippen LogP contribution >= 0.6 is 12.2 Å². The van der Waals surface area contributed by atoms with Crippen LogP contribution in [-0.2, 0) is 0 Å². The van der Waals surface area contributed by atoms with Crippen LogP contribution in [0.2, 0.25) is 0 Å². The van der Waals surface area contributed by atoms with Gasteiger partial charge in [0.1, 0.15) is 0 Å². The maximum atomic E-state index is 12.0. The van der Waals surface area contributed by atoms with Crippen molar-refractivity contribution in [3.63, 3.8) is 0 Å². The second-order valence-electron chi connectivity index (χ2n) is 4.44. The molecule has 11 heteroatoms. The number of amides is 3. The first-order valence-corrected chi connectivity index (χ1v) is 7.09. The molecule has 1 heterocycles. The molecule has 0 spiro atoms. The number of urea groups is 1. The number of carbonyl (C=O) groups is 2. The number of aromatic nitrogens is 4. The number of rotatable bonds is 6. The molecule has 2 rings (SSSR count). The molecule has 0 aliphatic carbocycles. The third-order valence-corrected chi connectivity index (χ3v) is 3.15. The minimum atomic E-state index is -0.682. The van der Waals surface area contributed by atoms with Gasteiger partial charge in [-0.15, -0.1) is 0 Å². The molecule has 0 unspecified atom stereocenters. The third kappa shape index (κ3) is 4.59. The fourth-order valence-electron chi connectivity index (χ4n) is 1.76. The monoisotopic (exact) mass is 337 g/mol. The molecule has 0 saturated carbocycles. The van der Waals surface area contributed by atoms with Crippen LogP contribution in [0.1, 0.15) is 16.8 Å². The number of H-pyrrole nitrogens is 1. The molecule has 0 aliphatic rings. The van der Waals surface area contributed by atoms with Gasteiger partial charge in [-0.05, 0) is 42.9 Å². The molecular weight excluding hydrogens is 322 g/mol. The van der Waals surface area contributed by atoms with E-state index in [0.29, 0.717) is 29.8 Å². The van der Waals surface area contributed by atoms with Gasteiger partial charge in [-0.25, -0.2) is 15.0 Å². The zero-order chi connectivity index (χ0) is 16.7. The van der Waals surface area contributed by atoms with Crippen LogP contribution in [0.3, 0.4) is 0 Å². The van der Waals surface area contributed by atoms with Crippen LogP contribution in [0.25, 0.3) is 5.69 Å². The Kier molecular flexibility index (Phi) is 5.77. The SMILES string of the molecule is O=C(NO)NCCCNC(=O)c1ccc(-n2[nH]nnc2=S)cc1. The summed E-state index contributed by atoms with van der Waals surface area (Å²) in [7, 11) is 0. The highest BCUT2D eigenvalue weighted by Gasteiger charge is 2.06. The largest absolute Gasteiger partial charge is 0.352 e. The number of nitrogens with zero attached hydrogens (tertiary/aromatic N) is 3. The quantitative estimate of drug-likeness (QED) is 0.220. The first-order valence-electron chi connectivity index (χ1n) is 6.68. The Labute approximate surface area is 135 Å². The van der Waals surface area contributed by atoms with E-state index in [2.05, 4.69) is 26.2 Å². The van der Waals surface area contributed by atoms with Crippen LogP contribution < -0.4 is 16.1 Å². The van der Waals surface area contributed by atoms with E-state index in [-0.39, 0.29) is 5.91 Å². The molecule has 0 bridgehead atoms. The van der Waals surface area contributed by atoms with Crippen molar-refractivity contribution in [1.82, 2.24) is 36.3 Å². The first kappa shape index (κ1) is 16.6. The number of benzene rings is 1. The lowest BCUT2D eigenvalue weighted by Crippen LogP contribution is -2.35. The van der Waals surface area contributed by atoms with Gasteiger partial charge in [0.05, 0.1) is 5.69 Å². The lowest BCUT2D eigenvalue weighted by molar-refractivity contribution is 0.0953. The number of hydroxylamine groups is 1. The molecular formula is C12H15N7O3S. The molecule has 1 aromatic heterocycles. The standard InChI is InChI=1S/C12H15N7O3S/c20-10(13-6-1-7-14-11(21)16-22)8-2-4-9(5-3-8)19-12(23)15-17-18-19/h2-5,22H,1,6-7H2,(H,13,20)(H2,14,16,21)(H,15,18,23). The highest BCUT2D eigenvalue weighted by Crippen LogP contribution is 2.08. The Bertz CT molecular complexity index is 725. The summed E-state index contributed by atoms with van der Waals surface area (Å²) >= 11 is 4.99. The molecule has 0 radical (unpaired) electrons. The molecule has 122 valence electrons. The van der Waals surface area contributed by atoms with Gasteiger partial charge in [0, 0.05) is 18.7 Å². The van der Waals surface area contributed by atoms with Gasteiger partial charge >= 0.3 is 6.03 Å². The predicted molar refractivity (Wildman–Crippen MR) is 81.8 cm³/mol. The summed E-state index contributed by atoms with van der Waals surface area (Å²) in [6, 6.07) is 6.07. The predicted octanol–water partition coefficient (Wildman–Crippen LogP) is 0.133. The van der Waals surface area contributed by atoms with Crippen molar-refractivity contribution < 1.29 is 14.8 Å². The number of hydrogen-bond donors (Lipinski definition) is 5. The van der Waals surface area contributed by atoms with E-state index in [9.17, 15) is 9.59 Å². The summed E-state index contributed by atoms with van der Waals surface area (Å²) in [4.78, 5) is 22.7. The maximum Gasteiger partial charge on any atom is 0.338 e. The number of carbonyl (C=O) groups excluding carboxylic acids is 2. The summed E-state index contributed by atoms with van der Waals surface area (Å²) in [5, 5.41) is 23.3. The highest BCUT2D eigenvalue weighted by molar-refractivity contribution is 7.71. The normalized spacial score (nSPS) is 10.1. The van der Waals surface area contributed by atoms with E-state index in [4.69, 9.17) is 17.4 Å². The van der Waals surface area contributed by atoms with Crippen LogP contribution in [0.4, 0.5) is 4.79 Å². The van der Waals surface area contributed by atoms with E-state index in [1.54, 1.807) is 24.3 Å². The molecule has 0 aliphatic heterocycles. The Morgan fingerprint density at radius 2 is 1.91 bits per heavy atom. The lowest BCUT2D eigenvalue weighted by Gasteiger charge is -2.07. The average molecular weight is 337 g/mol. The molecule has 0 fully saturated rings. The fourth-order valence-corrected chi connectivity index (χ4v) is 1.95. The van der Waals surface area contributed by atoms with Crippen molar-refractivity contribution in [3.05, 3.63) is 34.6 Å². The number of tetrazole rings is 1. The smallest absolute Gasteiger partial charge is 0.338 e. The van der Waals surface area contributed by atoms with Crippen LogP contribution in [-0.4, -0.2) is 50.4 Å². The van der Waals surface area contributed by atoms with Gasteiger partial charge in [-0.1, -0.05) is 10.3 Å². The zero-order valence-corrected chi connectivity index (χ0v) is 12.8. The Morgan fingerprint density at radius 1 is 1.22 bits per heavy atom. The van der Waals surface area contributed by atoms with Gasteiger partial charge in [0.15, 0.2) is 0 Å². The Hall–Kier alpha value is -2.79. The summed E-state index contributed by atoms with van der Waals surface area (Å²) in [6.45, 7) is 0.721. The van der Waals surface area contributed by atoms with Crippen molar-refractivity contribution in [2.45, 2.75) is 6.42 Å². The molecule has 23 heavy (non-hydrogen) atoms. The third-order valence-electron chi connectivity index (χ3n) is 2.89. The molecule has 5 N–H and O–H groups in total.